The number of hydrogen-bond donors (Lipinski definition) is 1. The fourth-order valence-corrected chi connectivity index (χ4v) is 3.73. The summed E-state index contributed by atoms with van der Waals surface area (Å²) >= 11 is 0. The summed E-state index contributed by atoms with van der Waals surface area (Å²) in [5.74, 6) is 3.59. The summed E-state index contributed by atoms with van der Waals surface area (Å²) in [6, 6.07) is -0.496. The molecular formula is C16H24N3O2. The van der Waals surface area contributed by atoms with Crippen LogP contribution in [-0.2, 0) is 0 Å². The number of aryl methyl sites for hydroxylation is 1. The van der Waals surface area contributed by atoms with E-state index in [1.54, 1.807) is 11.1 Å². The third-order valence-electron chi connectivity index (χ3n) is 4.76. The third-order valence-corrected chi connectivity index (χ3v) is 4.76. The van der Waals surface area contributed by atoms with E-state index in [4.69, 9.17) is 10.2 Å². The highest BCUT2D eigenvalue weighted by molar-refractivity contribution is 5.73. The van der Waals surface area contributed by atoms with Crippen LogP contribution in [0.4, 0.5) is 4.79 Å². The first-order valence-electron chi connectivity index (χ1n) is 7.95. The summed E-state index contributed by atoms with van der Waals surface area (Å²) in [6.45, 7) is 2.53. The highest BCUT2D eigenvalue weighted by atomic mass is 16.4. The van der Waals surface area contributed by atoms with Gasteiger partial charge in [0, 0.05) is 6.54 Å². The molecule has 1 atom stereocenters. The summed E-state index contributed by atoms with van der Waals surface area (Å²) in [6.07, 6.45) is 10.4. The number of likely N-dealkylation sites (tertiary alicyclic amines) is 1. The molecule has 1 radical (unpaired) electrons. The number of hydrogen-bond acceptors (Lipinski definition) is 3. The monoisotopic (exact) mass is 290 g/mol. The van der Waals surface area contributed by atoms with Gasteiger partial charge in [-0.3, -0.25) is 0 Å². The van der Waals surface area contributed by atoms with Crippen LogP contribution in [0.25, 0.3) is 0 Å². The van der Waals surface area contributed by atoms with Crippen molar-refractivity contribution in [1.82, 2.24) is 9.88 Å². The van der Waals surface area contributed by atoms with Crippen molar-refractivity contribution in [2.24, 2.45) is 11.7 Å². The molecule has 1 aliphatic carbocycles. The molecule has 5 nitrogen and oxygen atoms in total. The molecule has 2 fully saturated rings. The van der Waals surface area contributed by atoms with Crippen molar-refractivity contribution in [3.8, 4) is 0 Å². The van der Waals surface area contributed by atoms with Crippen molar-refractivity contribution in [2.75, 3.05) is 6.54 Å². The van der Waals surface area contributed by atoms with Crippen LogP contribution >= 0.6 is 0 Å². The lowest BCUT2D eigenvalue weighted by molar-refractivity contribution is 0.193. The van der Waals surface area contributed by atoms with Gasteiger partial charge in [-0.05, 0) is 31.6 Å². The lowest BCUT2D eigenvalue weighted by Crippen LogP contribution is -2.35. The molecule has 0 spiro atoms. The molecule has 21 heavy (non-hydrogen) atoms. The molecule has 1 saturated carbocycles. The average Bonchev–Trinajstić information content (AvgIpc) is 3.06. The standard InChI is InChI=1S/C16H24N3O2/c1-11-9-18-15(21-11)14-8-13(10-19(14)16(17)20)7-12-5-3-2-4-6-12/h9,12,14H,2-8,10H2,1H3,(H2,17,20)/t14-/m0/s1. The molecule has 1 aromatic heterocycles. The number of rotatable bonds is 3. The Hall–Kier alpha value is -1.52. The maximum absolute atomic E-state index is 11.7. The van der Waals surface area contributed by atoms with Crippen molar-refractivity contribution < 1.29 is 9.21 Å². The summed E-state index contributed by atoms with van der Waals surface area (Å²) in [5, 5.41) is 0. The first-order valence-corrected chi connectivity index (χ1v) is 7.95. The van der Waals surface area contributed by atoms with Gasteiger partial charge in [0.1, 0.15) is 11.8 Å². The minimum atomic E-state index is -0.380. The van der Waals surface area contributed by atoms with Gasteiger partial charge in [-0.1, -0.05) is 32.1 Å². The molecule has 0 unspecified atom stereocenters. The van der Waals surface area contributed by atoms with E-state index in [1.165, 1.54) is 38.0 Å². The highest BCUT2D eigenvalue weighted by Crippen LogP contribution is 2.41. The van der Waals surface area contributed by atoms with E-state index in [0.717, 1.165) is 24.5 Å². The van der Waals surface area contributed by atoms with Crippen molar-refractivity contribution in [2.45, 2.75) is 57.9 Å². The predicted molar refractivity (Wildman–Crippen MR) is 79.3 cm³/mol. The topological polar surface area (TPSA) is 72.4 Å². The number of aromatic nitrogens is 1. The minimum Gasteiger partial charge on any atom is -0.444 e. The number of nitrogens with zero attached hydrogens (tertiary/aromatic N) is 2. The van der Waals surface area contributed by atoms with E-state index in [2.05, 4.69) is 4.98 Å². The van der Waals surface area contributed by atoms with E-state index in [9.17, 15) is 4.79 Å². The average molecular weight is 290 g/mol. The first kappa shape index (κ1) is 14.4. The maximum Gasteiger partial charge on any atom is 0.315 e. The number of amides is 2. The minimum absolute atomic E-state index is 0.116. The Bertz CT molecular complexity index is 493. The van der Waals surface area contributed by atoms with Crippen LogP contribution in [0.15, 0.2) is 10.6 Å². The van der Waals surface area contributed by atoms with Gasteiger partial charge >= 0.3 is 6.03 Å². The van der Waals surface area contributed by atoms with Crippen LogP contribution < -0.4 is 5.73 Å². The molecule has 0 aromatic carbocycles. The second-order valence-electron chi connectivity index (χ2n) is 6.45. The molecule has 2 N–H and O–H groups in total. The zero-order valence-corrected chi connectivity index (χ0v) is 12.7. The van der Waals surface area contributed by atoms with Crippen molar-refractivity contribution in [3.63, 3.8) is 0 Å². The molecule has 1 saturated heterocycles. The number of primary amides is 1. The fraction of sp³-hybridized carbons (Fsp3) is 0.688. The second kappa shape index (κ2) is 6.08. The molecule has 0 bridgehead atoms. The van der Waals surface area contributed by atoms with E-state index >= 15 is 0 Å². The molecule has 2 heterocycles. The summed E-state index contributed by atoms with van der Waals surface area (Å²) in [5.41, 5.74) is 5.53. The summed E-state index contributed by atoms with van der Waals surface area (Å²) < 4.78 is 5.61. The van der Waals surface area contributed by atoms with E-state index < -0.39 is 0 Å². The zero-order valence-electron chi connectivity index (χ0n) is 12.7. The van der Waals surface area contributed by atoms with E-state index in [0.29, 0.717) is 12.4 Å². The lowest BCUT2D eigenvalue weighted by atomic mass is 9.82. The molecule has 2 aliphatic rings. The van der Waals surface area contributed by atoms with Gasteiger partial charge in [0.2, 0.25) is 5.89 Å². The Morgan fingerprint density at radius 2 is 2.19 bits per heavy atom. The molecule has 115 valence electrons. The number of carbonyl (C=O) groups is 1. The van der Waals surface area contributed by atoms with Gasteiger partial charge in [0.25, 0.3) is 0 Å². The zero-order chi connectivity index (χ0) is 14.8. The summed E-state index contributed by atoms with van der Waals surface area (Å²) in [7, 11) is 0. The Balaban J connectivity index is 1.67. The van der Waals surface area contributed by atoms with Gasteiger partial charge in [-0.15, -0.1) is 0 Å². The molecule has 3 rings (SSSR count). The van der Waals surface area contributed by atoms with Crippen molar-refractivity contribution in [1.29, 1.82) is 0 Å². The molecule has 1 aromatic rings. The Morgan fingerprint density at radius 1 is 1.43 bits per heavy atom. The number of carbonyl (C=O) groups excluding carboxylic acids is 1. The van der Waals surface area contributed by atoms with Crippen LogP contribution in [0, 0.1) is 18.8 Å². The van der Waals surface area contributed by atoms with Gasteiger partial charge < -0.3 is 15.1 Å². The van der Waals surface area contributed by atoms with Crippen LogP contribution in [0.2, 0.25) is 0 Å². The van der Waals surface area contributed by atoms with Crippen LogP contribution in [0.5, 0.6) is 0 Å². The molecule has 5 heteroatoms. The Morgan fingerprint density at radius 3 is 2.81 bits per heavy atom. The van der Waals surface area contributed by atoms with Crippen molar-refractivity contribution >= 4 is 6.03 Å². The number of urea groups is 1. The Kier molecular flexibility index (Phi) is 4.17. The Labute approximate surface area is 125 Å². The van der Waals surface area contributed by atoms with Crippen LogP contribution in [0.1, 0.15) is 62.6 Å². The lowest BCUT2D eigenvalue weighted by Gasteiger charge is -2.24. The second-order valence-corrected chi connectivity index (χ2v) is 6.45. The fourth-order valence-electron chi connectivity index (χ4n) is 3.73. The maximum atomic E-state index is 11.7. The smallest absolute Gasteiger partial charge is 0.315 e. The van der Waals surface area contributed by atoms with Crippen LogP contribution in [-0.4, -0.2) is 22.5 Å². The van der Waals surface area contributed by atoms with E-state index in [1.807, 2.05) is 6.92 Å². The largest absolute Gasteiger partial charge is 0.444 e. The number of oxazole rings is 1. The molecule has 2 amide bonds. The van der Waals surface area contributed by atoms with Gasteiger partial charge in [-0.2, -0.15) is 0 Å². The summed E-state index contributed by atoms with van der Waals surface area (Å²) in [4.78, 5) is 17.7. The molecular weight excluding hydrogens is 266 g/mol. The van der Waals surface area contributed by atoms with Gasteiger partial charge in [0.15, 0.2) is 0 Å². The van der Waals surface area contributed by atoms with E-state index in [-0.39, 0.29) is 12.1 Å². The molecule has 1 aliphatic heterocycles. The highest BCUT2D eigenvalue weighted by Gasteiger charge is 2.39. The first-order chi connectivity index (χ1) is 10.1. The SMILES string of the molecule is Cc1cnc([C@@H]2C[C](CC3CCCCC3)CN2C(N)=O)o1. The normalized spacial score (nSPS) is 24.6. The van der Waals surface area contributed by atoms with Crippen molar-refractivity contribution in [3.05, 3.63) is 23.8 Å². The third kappa shape index (κ3) is 3.22. The predicted octanol–water partition coefficient (Wildman–Crippen LogP) is 3.35. The number of nitrogens with two attached hydrogens (primary N) is 1. The van der Waals surface area contributed by atoms with Gasteiger partial charge in [-0.25, -0.2) is 9.78 Å². The van der Waals surface area contributed by atoms with Gasteiger partial charge in [0.05, 0.1) is 6.20 Å². The van der Waals surface area contributed by atoms with Crippen LogP contribution in [0.3, 0.4) is 0 Å². The quantitative estimate of drug-likeness (QED) is 0.927.